The Balaban J connectivity index is 2.16. The molecule has 114 valence electrons. The molecule has 0 saturated carbocycles. The molecule has 1 aromatic carbocycles. The number of likely N-dealkylation sites (N-methyl/N-ethyl adjacent to an activating group) is 1. The molecular weight excluding hydrogens is 290 g/mol. The van der Waals surface area contributed by atoms with Crippen molar-refractivity contribution in [3.8, 4) is 5.75 Å². The van der Waals surface area contributed by atoms with E-state index >= 15 is 0 Å². The summed E-state index contributed by atoms with van der Waals surface area (Å²) < 4.78 is 59.4. The van der Waals surface area contributed by atoms with Gasteiger partial charge >= 0.3 is 12.3 Å². The number of carbonyl (C=O) groups is 1. The Kier molecular flexibility index (Phi) is 3.02. The van der Waals surface area contributed by atoms with Crippen LogP contribution in [0.3, 0.4) is 0 Å². The summed E-state index contributed by atoms with van der Waals surface area (Å²) >= 11 is 0. The molecule has 21 heavy (non-hydrogen) atoms. The van der Waals surface area contributed by atoms with E-state index in [9.17, 15) is 22.4 Å². The second-order valence-electron chi connectivity index (χ2n) is 5.52. The Hall–Kier alpha value is -1.63. The number of para-hydroxylation sites is 1. The van der Waals surface area contributed by atoms with Gasteiger partial charge in [-0.25, -0.2) is 8.78 Å². The third-order valence-corrected chi connectivity index (χ3v) is 4.16. The molecule has 0 amide bonds. The van der Waals surface area contributed by atoms with E-state index in [1.807, 2.05) is 0 Å². The highest BCUT2D eigenvalue weighted by Gasteiger charge is 2.71. The molecule has 7 heteroatoms. The lowest BCUT2D eigenvalue weighted by Gasteiger charge is -2.43. The number of ketones is 1. The van der Waals surface area contributed by atoms with Gasteiger partial charge < -0.3 is 9.64 Å². The van der Waals surface area contributed by atoms with Crippen molar-refractivity contribution < 1.29 is 27.1 Å². The molecule has 2 heterocycles. The summed E-state index contributed by atoms with van der Waals surface area (Å²) in [5.74, 6) is -6.34. The van der Waals surface area contributed by atoms with Crippen molar-refractivity contribution in [2.45, 2.75) is 17.9 Å². The van der Waals surface area contributed by atoms with Crippen molar-refractivity contribution in [1.29, 1.82) is 0 Å². The molecule has 3 nitrogen and oxygen atoms in total. The monoisotopic (exact) mass is 303 g/mol. The molecule has 0 N–H and O–H groups in total. The molecule has 0 spiro atoms. The number of likely N-dealkylation sites (tertiary alicyclic amines) is 1. The number of rotatable bonds is 2. The third kappa shape index (κ3) is 1.79. The lowest BCUT2D eigenvalue weighted by atomic mass is 9.77. The Morgan fingerprint density at radius 2 is 2.05 bits per heavy atom. The number of benzene rings is 1. The number of Topliss-reactive ketones (excluding diaryl/α,β-unsaturated/α-hetero) is 1. The van der Waals surface area contributed by atoms with Crippen molar-refractivity contribution in [1.82, 2.24) is 4.90 Å². The molecule has 2 atom stereocenters. The quantitative estimate of drug-likeness (QED) is 0.786. The van der Waals surface area contributed by atoms with Crippen LogP contribution in [0, 0.1) is 5.92 Å². The van der Waals surface area contributed by atoms with Crippen LogP contribution in [0.25, 0.3) is 0 Å². The zero-order valence-electron chi connectivity index (χ0n) is 11.2. The highest BCUT2D eigenvalue weighted by atomic mass is 19.3. The van der Waals surface area contributed by atoms with Gasteiger partial charge in [-0.05, 0) is 19.2 Å². The maximum Gasteiger partial charge on any atom is 0.348 e. The molecule has 1 saturated heterocycles. The third-order valence-electron chi connectivity index (χ3n) is 4.16. The molecule has 0 aromatic heterocycles. The topological polar surface area (TPSA) is 29.5 Å². The zero-order valence-corrected chi connectivity index (χ0v) is 11.2. The predicted octanol–water partition coefficient (Wildman–Crippen LogP) is 2.46. The Bertz CT molecular complexity index is 592. The van der Waals surface area contributed by atoms with E-state index in [4.69, 9.17) is 4.74 Å². The van der Waals surface area contributed by atoms with Crippen molar-refractivity contribution in [3.63, 3.8) is 0 Å². The van der Waals surface area contributed by atoms with Gasteiger partial charge in [0.25, 0.3) is 0 Å². The molecule has 0 bridgehead atoms. The average Bonchev–Trinajstić information content (AvgIpc) is 2.77. The largest absolute Gasteiger partial charge is 0.478 e. The van der Waals surface area contributed by atoms with Crippen LogP contribution in [-0.4, -0.2) is 48.8 Å². The SMILES string of the molecule is CN1C[C@H]2C(=O)c3ccccc3O[C@@]2(C(F)(F)C(F)F)C1. The van der Waals surface area contributed by atoms with E-state index in [2.05, 4.69) is 0 Å². The van der Waals surface area contributed by atoms with Crippen LogP contribution in [0.2, 0.25) is 0 Å². The highest BCUT2D eigenvalue weighted by molar-refractivity contribution is 6.02. The number of fused-ring (bicyclic) bond motifs is 2. The van der Waals surface area contributed by atoms with E-state index in [1.54, 1.807) is 6.07 Å². The van der Waals surface area contributed by atoms with Crippen LogP contribution in [-0.2, 0) is 0 Å². The first-order valence-corrected chi connectivity index (χ1v) is 6.46. The lowest BCUT2D eigenvalue weighted by Crippen LogP contribution is -2.64. The second kappa shape index (κ2) is 4.43. The molecule has 2 aliphatic heterocycles. The summed E-state index contributed by atoms with van der Waals surface area (Å²) in [5.41, 5.74) is -2.35. The minimum absolute atomic E-state index is 0.0323. The summed E-state index contributed by atoms with van der Waals surface area (Å²) in [6.45, 7) is -0.454. The summed E-state index contributed by atoms with van der Waals surface area (Å²) in [6.07, 6.45) is -3.90. The molecule has 0 unspecified atom stereocenters. The van der Waals surface area contributed by atoms with E-state index in [-0.39, 0.29) is 17.9 Å². The zero-order chi connectivity index (χ0) is 15.4. The fourth-order valence-corrected chi connectivity index (χ4v) is 3.17. The van der Waals surface area contributed by atoms with Crippen LogP contribution in [0.15, 0.2) is 24.3 Å². The van der Waals surface area contributed by atoms with Crippen LogP contribution in [0.4, 0.5) is 17.6 Å². The number of alkyl halides is 4. The normalized spacial score (nSPS) is 29.2. The smallest absolute Gasteiger partial charge is 0.348 e. The summed E-state index contributed by atoms with van der Waals surface area (Å²) in [5, 5.41) is 0. The van der Waals surface area contributed by atoms with Crippen LogP contribution < -0.4 is 4.74 Å². The van der Waals surface area contributed by atoms with Crippen LogP contribution in [0.1, 0.15) is 10.4 Å². The molecule has 1 aromatic rings. The van der Waals surface area contributed by atoms with Crippen molar-refractivity contribution >= 4 is 5.78 Å². The van der Waals surface area contributed by atoms with E-state index in [0.29, 0.717) is 0 Å². The predicted molar refractivity (Wildman–Crippen MR) is 66.1 cm³/mol. The van der Waals surface area contributed by atoms with Gasteiger partial charge in [-0.3, -0.25) is 4.79 Å². The number of hydrogen-bond donors (Lipinski definition) is 0. The maximum absolute atomic E-state index is 14.2. The van der Waals surface area contributed by atoms with E-state index in [1.165, 1.54) is 30.1 Å². The van der Waals surface area contributed by atoms with Gasteiger partial charge in [0.2, 0.25) is 5.60 Å². The molecular formula is C14H13F4NO2. The van der Waals surface area contributed by atoms with E-state index in [0.717, 1.165) is 0 Å². The minimum atomic E-state index is -4.41. The molecule has 1 fully saturated rings. The van der Waals surface area contributed by atoms with E-state index < -0.39 is 36.2 Å². The highest BCUT2D eigenvalue weighted by Crippen LogP contribution is 2.50. The van der Waals surface area contributed by atoms with Gasteiger partial charge in [-0.1, -0.05) is 12.1 Å². The Morgan fingerprint density at radius 1 is 1.38 bits per heavy atom. The number of hydrogen-bond acceptors (Lipinski definition) is 3. The van der Waals surface area contributed by atoms with Crippen LogP contribution in [0.5, 0.6) is 5.75 Å². The van der Waals surface area contributed by atoms with Gasteiger partial charge in [-0.15, -0.1) is 0 Å². The number of ether oxygens (including phenoxy) is 1. The lowest BCUT2D eigenvalue weighted by molar-refractivity contribution is -0.236. The molecule has 2 aliphatic rings. The van der Waals surface area contributed by atoms with Crippen molar-refractivity contribution in [2.24, 2.45) is 5.92 Å². The first kappa shape index (κ1) is 14.3. The van der Waals surface area contributed by atoms with Crippen molar-refractivity contribution in [3.05, 3.63) is 29.8 Å². The fourth-order valence-electron chi connectivity index (χ4n) is 3.17. The summed E-state index contributed by atoms with van der Waals surface area (Å²) in [4.78, 5) is 13.9. The maximum atomic E-state index is 14.2. The first-order chi connectivity index (χ1) is 9.79. The minimum Gasteiger partial charge on any atom is -0.478 e. The standard InChI is InChI=1S/C14H13F4NO2/c1-19-6-9-11(20)8-4-2-3-5-10(8)21-13(9,7-19)14(17,18)12(15)16/h2-5,9,12H,6-7H2,1H3/t9-,13-/m0/s1. The van der Waals surface area contributed by atoms with Gasteiger partial charge in [-0.2, -0.15) is 8.78 Å². The molecule has 0 aliphatic carbocycles. The van der Waals surface area contributed by atoms with Gasteiger partial charge in [0.1, 0.15) is 5.75 Å². The first-order valence-electron chi connectivity index (χ1n) is 6.46. The second-order valence-corrected chi connectivity index (χ2v) is 5.52. The average molecular weight is 303 g/mol. The van der Waals surface area contributed by atoms with Gasteiger partial charge in [0.15, 0.2) is 5.78 Å². The van der Waals surface area contributed by atoms with Gasteiger partial charge in [0, 0.05) is 13.1 Å². The number of halogens is 4. The Labute approximate surface area is 118 Å². The van der Waals surface area contributed by atoms with Crippen molar-refractivity contribution in [2.75, 3.05) is 20.1 Å². The summed E-state index contributed by atoms with van der Waals surface area (Å²) in [7, 11) is 1.50. The molecule has 0 radical (unpaired) electrons. The fraction of sp³-hybridized carbons (Fsp3) is 0.500. The molecule has 3 rings (SSSR count). The number of carbonyl (C=O) groups excluding carboxylic acids is 1. The van der Waals surface area contributed by atoms with Gasteiger partial charge in [0.05, 0.1) is 11.5 Å². The summed E-state index contributed by atoms with van der Waals surface area (Å²) in [6, 6.07) is 5.90. The number of nitrogens with zero attached hydrogens (tertiary/aromatic N) is 1. The Morgan fingerprint density at radius 3 is 2.71 bits per heavy atom. The van der Waals surface area contributed by atoms with Crippen LogP contribution >= 0.6 is 0 Å².